The molecule has 1 atom stereocenters. The minimum Gasteiger partial charge on any atom is -0.377 e. The lowest BCUT2D eigenvalue weighted by Gasteiger charge is -2.19. The second kappa shape index (κ2) is 8.27. The van der Waals surface area contributed by atoms with Gasteiger partial charge in [0.15, 0.2) is 0 Å². The maximum Gasteiger partial charge on any atom is 0.110 e. The van der Waals surface area contributed by atoms with Crippen LogP contribution in [0.3, 0.4) is 0 Å². The van der Waals surface area contributed by atoms with Crippen LogP contribution in [0, 0.1) is 0 Å². The molecule has 0 aliphatic heterocycles. The Morgan fingerprint density at radius 2 is 2.17 bits per heavy atom. The Kier molecular flexibility index (Phi) is 6.98. The van der Waals surface area contributed by atoms with Crippen LogP contribution in [0.15, 0.2) is 12.4 Å². The van der Waals surface area contributed by atoms with Gasteiger partial charge in [0.2, 0.25) is 0 Å². The fourth-order valence-electron chi connectivity index (χ4n) is 1.98. The van der Waals surface area contributed by atoms with Gasteiger partial charge in [0.25, 0.3) is 0 Å². The van der Waals surface area contributed by atoms with E-state index in [0.29, 0.717) is 6.04 Å². The summed E-state index contributed by atoms with van der Waals surface area (Å²) < 4.78 is 7.94. The van der Waals surface area contributed by atoms with Crippen molar-refractivity contribution in [2.45, 2.75) is 59.2 Å². The Bertz CT molecular complexity index is 323. The van der Waals surface area contributed by atoms with Crippen LogP contribution in [-0.4, -0.2) is 34.8 Å². The highest BCUT2D eigenvalue weighted by atomic mass is 16.5. The van der Waals surface area contributed by atoms with Crippen LogP contribution in [0.4, 0.5) is 0 Å². The molecule has 4 heteroatoms. The van der Waals surface area contributed by atoms with Gasteiger partial charge in [0, 0.05) is 31.4 Å². The molecule has 1 aromatic heterocycles. The van der Waals surface area contributed by atoms with E-state index >= 15 is 0 Å². The fourth-order valence-corrected chi connectivity index (χ4v) is 1.98. The molecule has 0 saturated carbocycles. The normalized spacial score (nSPS) is 13.2. The van der Waals surface area contributed by atoms with Gasteiger partial charge in [-0.2, -0.15) is 0 Å². The third-order valence-corrected chi connectivity index (χ3v) is 2.82. The van der Waals surface area contributed by atoms with Gasteiger partial charge in [-0.05, 0) is 26.8 Å². The van der Waals surface area contributed by atoms with E-state index in [1.54, 1.807) is 0 Å². The molecule has 0 aliphatic carbocycles. The summed E-state index contributed by atoms with van der Waals surface area (Å²) in [5, 5.41) is 3.47. The number of rotatable bonds is 9. The fraction of sp³-hybridized carbons (Fsp3) is 0.786. The predicted octanol–water partition coefficient (Wildman–Crippen LogP) is 2.24. The van der Waals surface area contributed by atoms with E-state index in [0.717, 1.165) is 38.4 Å². The van der Waals surface area contributed by atoms with Crippen LogP contribution in [0.5, 0.6) is 0 Å². The van der Waals surface area contributed by atoms with Crippen molar-refractivity contribution < 1.29 is 4.74 Å². The van der Waals surface area contributed by atoms with Gasteiger partial charge in [-0.1, -0.05) is 13.8 Å². The summed E-state index contributed by atoms with van der Waals surface area (Å²) in [6, 6.07) is 0.343. The number of aromatic nitrogens is 2. The smallest absolute Gasteiger partial charge is 0.110 e. The van der Waals surface area contributed by atoms with Gasteiger partial charge in [-0.15, -0.1) is 0 Å². The van der Waals surface area contributed by atoms with Crippen molar-refractivity contribution in [3.05, 3.63) is 18.2 Å². The molecule has 18 heavy (non-hydrogen) atoms. The highest BCUT2D eigenvalue weighted by molar-refractivity contribution is 4.95. The highest BCUT2D eigenvalue weighted by Gasteiger charge is 2.13. The zero-order valence-corrected chi connectivity index (χ0v) is 12.1. The Hall–Kier alpha value is -0.870. The van der Waals surface area contributed by atoms with Crippen molar-refractivity contribution in [1.82, 2.24) is 14.9 Å². The summed E-state index contributed by atoms with van der Waals surface area (Å²) >= 11 is 0. The number of imidazole rings is 1. The van der Waals surface area contributed by atoms with Gasteiger partial charge in [0.05, 0.1) is 12.7 Å². The zero-order valence-electron chi connectivity index (χ0n) is 12.1. The second-order valence-electron chi connectivity index (χ2n) is 4.88. The number of aryl methyl sites for hydroxylation is 1. The lowest BCUT2D eigenvalue weighted by Crippen LogP contribution is -2.37. The van der Waals surface area contributed by atoms with Crippen LogP contribution in [0.1, 0.15) is 39.9 Å². The van der Waals surface area contributed by atoms with E-state index < -0.39 is 0 Å². The van der Waals surface area contributed by atoms with Gasteiger partial charge in [-0.25, -0.2) is 4.98 Å². The van der Waals surface area contributed by atoms with Crippen molar-refractivity contribution in [1.29, 1.82) is 0 Å². The lowest BCUT2D eigenvalue weighted by atomic mass is 10.2. The summed E-state index contributed by atoms with van der Waals surface area (Å²) in [5.41, 5.74) is 0. The van der Waals surface area contributed by atoms with Gasteiger partial charge >= 0.3 is 0 Å². The monoisotopic (exact) mass is 253 g/mol. The largest absolute Gasteiger partial charge is 0.377 e. The molecule has 1 aromatic rings. The number of nitrogens with zero attached hydrogens (tertiary/aromatic N) is 2. The second-order valence-corrected chi connectivity index (χ2v) is 4.88. The number of ether oxygens (including phenoxy) is 1. The molecule has 1 heterocycles. The molecular formula is C14H27N3O. The molecule has 0 aromatic carbocycles. The molecule has 0 aliphatic rings. The quantitative estimate of drug-likeness (QED) is 0.733. The van der Waals surface area contributed by atoms with E-state index in [4.69, 9.17) is 4.74 Å². The minimum atomic E-state index is 0.279. The molecule has 0 fully saturated rings. The SMILES string of the molecule is CCCn1ccnc1CC(COC(C)C)NCC. The molecule has 0 bridgehead atoms. The van der Waals surface area contributed by atoms with Gasteiger partial charge in [0.1, 0.15) is 5.82 Å². The molecule has 104 valence electrons. The maximum absolute atomic E-state index is 5.71. The first-order chi connectivity index (χ1) is 8.67. The molecule has 0 spiro atoms. The van der Waals surface area contributed by atoms with Crippen molar-refractivity contribution in [2.75, 3.05) is 13.2 Å². The maximum atomic E-state index is 5.71. The average molecular weight is 253 g/mol. The number of nitrogens with one attached hydrogen (secondary N) is 1. The van der Waals surface area contributed by atoms with E-state index in [1.807, 2.05) is 6.20 Å². The molecular weight excluding hydrogens is 226 g/mol. The number of hydrogen-bond acceptors (Lipinski definition) is 3. The summed E-state index contributed by atoms with van der Waals surface area (Å²) in [6.07, 6.45) is 6.29. The predicted molar refractivity (Wildman–Crippen MR) is 74.8 cm³/mol. The summed E-state index contributed by atoms with van der Waals surface area (Å²) in [5.74, 6) is 1.15. The summed E-state index contributed by atoms with van der Waals surface area (Å²) in [4.78, 5) is 4.45. The standard InChI is InChI=1S/C14H27N3O/c1-5-8-17-9-7-16-14(17)10-13(15-6-2)11-18-12(3)4/h7,9,12-13,15H,5-6,8,10-11H2,1-4H3. The molecule has 0 saturated heterocycles. The summed E-state index contributed by atoms with van der Waals surface area (Å²) in [6.45, 7) is 11.2. The van der Waals surface area contributed by atoms with Crippen molar-refractivity contribution in [2.24, 2.45) is 0 Å². The van der Waals surface area contributed by atoms with Crippen molar-refractivity contribution in [3.8, 4) is 0 Å². The van der Waals surface area contributed by atoms with Crippen LogP contribution >= 0.6 is 0 Å². The Morgan fingerprint density at radius 3 is 2.78 bits per heavy atom. The third kappa shape index (κ3) is 5.19. The molecule has 4 nitrogen and oxygen atoms in total. The average Bonchev–Trinajstić information content (AvgIpc) is 2.74. The Morgan fingerprint density at radius 1 is 1.39 bits per heavy atom. The summed E-state index contributed by atoms with van der Waals surface area (Å²) in [7, 11) is 0. The molecule has 1 unspecified atom stereocenters. The van der Waals surface area contributed by atoms with Crippen LogP contribution in [-0.2, 0) is 17.7 Å². The molecule has 1 rings (SSSR count). The van der Waals surface area contributed by atoms with Crippen LogP contribution in [0.25, 0.3) is 0 Å². The van der Waals surface area contributed by atoms with Gasteiger partial charge < -0.3 is 14.6 Å². The first-order valence-electron chi connectivity index (χ1n) is 7.02. The zero-order chi connectivity index (χ0) is 13.4. The van der Waals surface area contributed by atoms with E-state index in [1.165, 1.54) is 0 Å². The van der Waals surface area contributed by atoms with Crippen molar-refractivity contribution >= 4 is 0 Å². The molecule has 0 radical (unpaired) electrons. The number of likely N-dealkylation sites (N-methyl/N-ethyl adjacent to an activating group) is 1. The minimum absolute atomic E-state index is 0.279. The third-order valence-electron chi connectivity index (χ3n) is 2.82. The van der Waals surface area contributed by atoms with Crippen molar-refractivity contribution in [3.63, 3.8) is 0 Å². The van der Waals surface area contributed by atoms with E-state index in [2.05, 4.69) is 48.8 Å². The van der Waals surface area contributed by atoms with Crippen LogP contribution in [0.2, 0.25) is 0 Å². The van der Waals surface area contributed by atoms with E-state index in [9.17, 15) is 0 Å². The first-order valence-corrected chi connectivity index (χ1v) is 7.02. The Labute approximate surface area is 111 Å². The topological polar surface area (TPSA) is 39.1 Å². The molecule has 0 amide bonds. The number of hydrogen-bond donors (Lipinski definition) is 1. The van der Waals surface area contributed by atoms with E-state index in [-0.39, 0.29) is 6.10 Å². The Balaban J connectivity index is 2.55. The first kappa shape index (κ1) is 15.2. The lowest BCUT2D eigenvalue weighted by molar-refractivity contribution is 0.0610. The highest BCUT2D eigenvalue weighted by Crippen LogP contribution is 2.05. The molecule has 1 N–H and O–H groups in total. The van der Waals surface area contributed by atoms with Gasteiger partial charge in [-0.3, -0.25) is 0 Å². The van der Waals surface area contributed by atoms with Crippen LogP contribution < -0.4 is 5.32 Å².